The highest BCUT2D eigenvalue weighted by Crippen LogP contribution is 2.41. The van der Waals surface area contributed by atoms with Gasteiger partial charge in [0.05, 0.1) is 11.7 Å². The summed E-state index contributed by atoms with van der Waals surface area (Å²) < 4.78 is 2.29. The van der Waals surface area contributed by atoms with Crippen LogP contribution in [0.2, 0.25) is 0 Å². The molecule has 17 heavy (non-hydrogen) atoms. The van der Waals surface area contributed by atoms with Crippen molar-refractivity contribution in [2.24, 2.45) is 0 Å². The van der Waals surface area contributed by atoms with E-state index in [9.17, 15) is 0 Å². The summed E-state index contributed by atoms with van der Waals surface area (Å²) in [5.74, 6) is 0.766. The zero-order valence-corrected chi connectivity index (χ0v) is 9.43. The number of hydrogen-bond donors (Lipinski definition) is 1. The second kappa shape index (κ2) is 3.23. The van der Waals surface area contributed by atoms with Crippen LogP contribution in [-0.4, -0.2) is 14.8 Å². The Balaban J connectivity index is 1.88. The fraction of sp³-hybridized carbons (Fsp3) is 0.214. The van der Waals surface area contributed by atoms with E-state index < -0.39 is 0 Å². The molecule has 1 aliphatic carbocycles. The lowest BCUT2D eigenvalue weighted by molar-refractivity contribution is 0.928. The van der Waals surface area contributed by atoms with Gasteiger partial charge in [-0.3, -0.25) is 5.10 Å². The van der Waals surface area contributed by atoms with E-state index in [0.717, 1.165) is 16.8 Å². The van der Waals surface area contributed by atoms with E-state index in [1.54, 1.807) is 0 Å². The quantitative estimate of drug-likeness (QED) is 0.711. The zero-order chi connectivity index (χ0) is 11.2. The first-order valence-corrected chi connectivity index (χ1v) is 6.02. The molecule has 0 aliphatic heterocycles. The Morgan fingerprint density at radius 3 is 3.06 bits per heavy atom. The number of fused-ring (bicyclic) bond motifs is 1. The third kappa shape index (κ3) is 1.39. The molecule has 0 unspecified atom stereocenters. The summed E-state index contributed by atoms with van der Waals surface area (Å²) in [6, 6.07) is 10.8. The largest absolute Gasteiger partial charge is 0.321 e. The molecule has 1 fully saturated rings. The molecule has 2 heterocycles. The van der Waals surface area contributed by atoms with E-state index in [1.165, 1.54) is 24.2 Å². The molecule has 0 radical (unpaired) electrons. The Labute approximate surface area is 99.1 Å². The van der Waals surface area contributed by atoms with E-state index in [1.807, 2.05) is 6.20 Å². The number of hydrogen-bond acceptors (Lipinski definition) is 1. The van der Waals surface area contributed by atoms with Gasteiger partial charge in [0.2, 0.25) is 0 Å². The van der Waals surface area contributed by atoms with Gasteiger partial charge >= 0.3 is 0 Å². The van der Waals surface area contributed by atoms with Crippen molar-refractivity contribution in [2.45, 2.75) is 18.8 Å². The molecule has 2 aromatic heterocycles. The van der Waals surface area contributed by atoms with Gasteiger partial charge in [0.15, 0.2) is 0 Å². The molecule has 0 atom stereocenters. The fourth-order valence-electron chi connectivity index (χ4n) is 2.42. The second-order valence-corrected chi connectivity index (χ2v) is 4.72. The lowest BCUT2D eigenvalue weighted by Crippen LogP contribution is -1.96. The molecule has 3 aromatic rings. The van der Waals surface area contributed by atoms with Crippen LogP contribution in [-0.2, 0) is 0 Å². The predicted molar refractivity (Wildman–Crippen MR) is 67.4 cm³/mol. The van der Waals surface area contributed by atoms with Gasteiger partial charge in [-0.1, -0.05) is 0 Å². The number of rotatable bonds is 2. The Bertz CT molecular complexity index is 673. The topological polar surface area (TPSA) is 33.6 Å². The maximum absolute atomic E-state index is 4.06. The van der Waals surface area contributed by atoms with E-state index in [0.29, 0.717) is 0 Å². The van der Waals surface area contributed by atoms with E-state index in [2.05, 4.69) is 51.3 Å². The highest BCUT2D eigenvalue weighted by molar-refractivity contribution is 5.80. The monoisotopic (exact) mass is 223 g/mol. The summed E-state index contributed by atoms with van der Waals surface area (Å²) in [7, 11) is 0. The average molecular weight is 223 g/mol. The van der Waals surface area contributed by atoms with Gasteiger partial charge in [0, 0.05) is 23.0 Å². The minimum absolute atomic E-state index is 0.766. The zero-order valence-electron chi connectivity index (χ0n) is 9.43. The van der Waals surface area contributed by atoms with Crippen LogP contribution in [0.3, 0.4) is 0 Å². The van der Waals surface area contributed by atoms with Crippen LogP contribution in [0.1, 0.15) is 24.5 Å². The number of aromatic amines is 1. The highest BCUT2D eigenvalue weighted by atomic mass is 15.1. The van der Waals surface area contributed by atoms with Crippen LogP contribution < -0.4 is 0 Å². The third-order valence-corrected chi connectivity index (χ3v) is 3.48. The normalized spacial score (nSPS) is 15.5. The summed E-state index contributed by atoms with van der Waals surface area (Å²) in [5, 5.41) is 8.24. The maximum atomic E-state index is 4.06. The minimum Gasteiger partial charge on any atom is -0.321 e. The predicted octanol–water partition coefficient (Wildman–Crippen LogP) is 3.23. The average Bonchev–Trinajstić information content (AvgIpc) is 2.93. The van der Waals surface area contributed by atoms with Crippen LogP contribution in [0.4, 0.5) is 0 Å². The van der Waals surface area contributed by atoms with Crippen molar-refractivity contribution in [1.29, 1.82) is 0 Å². The van der Waals surface area contributed by atoms with Gasteiger partial charge in [0.25, 0.3) is 0 Å². The molecule has 0 saturated heterocycles. The standard InChI is InChI=1S/C14H13N3/c1-2-14(10-3-4-10)17(7-1)12-6-5-11-9-15-16-13(11)8-12/h1-2,5-10H,3-4H2,(H,15,16). The van der Waals surface area contributed by atoms with Gasteiger partial charge in [-0.2, -0.15) is 5.10 Å². The van der Waals surface area contributed by atoms with Crippen molar-refractivity contribution in [3.05, 3.63) is 48.4 Å². The second-order valence-electron chi connectivity index (χ2n) is 4.72. The highest BCUT2D eigenvalue weighted by Gasteiger charge is 2.26. The molecule has 84 valence electrons. The van der Waals surface area contributed by atoms with Crippen molar-refractivity contribution in [3.63, 3.8) is 0 Å². The van der Waals surface area contributed by atoms with Gasteiger partial charge in [-0.15, -0.1) is 0 Å². The number of H-pyrrole nitrogens is 1. The first-order chi connectivity index (χ1) is 8.42. The van der Waals surface area contributed by atoms with E-state index in [-0.39, 0.29) is 0 Å². The number of nitrogens with zero attached hydrogens (tertiary/aromatic N) is 2. The molecule has 4 rings (SSSR count). The summed E-state index contributed by atoms with van der Waals surface area (Å²) in [4.78, 5) is 0. The lowest BCUT2D eigenvalue weighted by atomic mass is 10.2. The van der Waals surface area contributed by atoms with Gasteiger partial charge in [-0.25, -0.2) is 0 Å². The Morgan fingerprint density at radius 2 is 2.18 bits per heavy atom. The Kier molecular flexibility index (Phi) is 1.72. The molecule has 0 bridgehead atoms. The molecule has 3 heteroatoms. The van der Waals surface area contributed by atoms with Crippen molar-refractivity contribution in [2.75, 3.05) is 0 Å². The lowest BCUT2D eigenvalue weighted by Gasteiger charge is -2.08. The fourth-order valence-corrected chi connectivity index (χ4v) is 2.42. The van der Waals surface area contributed by atoms with Crippen molar-refractivity contribution >= 4 is 10.9 Å². The van der Waals surface area contributed by atoms with Crippen LogP contribution in [0.5, 0.6) is 0 Å². The van der Waals surface area contributed by atoms with Crippen LogP contribution >= 0.6 is 0 Å². The van der Waals surface area contributed by atoms with Gasteiger partial charge < -0.3 is 4.57 Å². The molecule has 1 aromatic carbocycles. The molecule has 0 spiro atoms. The smallest absolute Gasteiger partial charge is 0.0671 e. The van der Waals surface area contributed by atoms with Crippen LogP contribution in [0.15, 0.2) is 42.7 Å². The SMILES string of the molecule is c1cc(C2CC2)n(-c2ccc3cn[nH]c3c2)c1. The van der Waals surface area contributed by atoms with Crippen molar-refractivity contribution < 1.29 is 0 Å². The number of benzene rings is 1. The van der Waals surface area contributed by atoms with Crippen LogP contribution in [0.25, 0.3) is 16.6 Å². The summed E-state index contributed by atoms with van der Waals surface area (Å²) in [6.07, 6.45) is 6.66. The van der Waals surface area contributed by atoms with Crippen molar-refractivity contribution in [1.82, 2.24) is 14.8 Å². The molecule has 1 saturated carbocycles. The molecule has 3 nitrogen and oxygen atoms in total. The summed E-state index contributed by atoms with van der Waals surface area (Å²) in [6.45, 7) is 0. The van der Waals surface area contributed by atoms with Crippen LogP contribution in [0, 0.1) is 0 Å². The van der Waals surface area contributed by atoms with Gasteiger partial charge in [-0.05, 0) is 49.1 Å². The molecular weight excluding hydrogens is 210 g/mol. The van der Waals surface area contributed by atoms with E-state index in [4.69, 9.17) is 0 Å². The minimum atomic E-state index is 0.766. The van der Waals surface area contributed by atoms with Crippen molar-refractivity contribution in [3.8, 4) is 5.69 Å². The molecular formula is C14H13N3. The maximum Gasteiger partial charge on any atom is 0.0671 e. The third-order valence-electron chi connectivity index (χ3n) is 3.48. The first-order valence-electron chi connectivity index (χ1n) is 6.02. The van der Waals surface area contributed by atoms with Gasteiger partial charge in [0.1, 0.15) is 0 Å². The Morgan fingerprint density at radius 1 is 1.24 bits per heavy atom. The first kappa shape index (κ1) is 9.05. The summed E-state index contributed by atoms with van der Waals surface area (Å²) >= 11 is 0. The summed E-state index contributed by atoms with van der Waals surface area (Å²) in [5.41, 5.74) is 3.75. The number of nitrogens with one attached hydrogen (secondary N) is 1. The molecule has 1 N–H and O–H groups in total. The molecule has 1 aliphatic rings. The molecule has 0 amide bonds. The Hall–Kier alpha value is -2.03. The number of aromatic nitrogens is 3. The van der Waals surface area contributed by atoms with E-state index >= 15 is 0 Å².